The van der Waals surface area contributed by atoms with Crippen LogP contribution in [-0.4, -0.2) is 42.7 Å². The van der Waals surface area contributed by atoms with Crippen molar-refractivity contribution >= 4 is 22.7 Å². The molecule has 0 unspecified atom stereocenters. The summed E-state index contributed by atoms with van der Waals surface area (Å²) in [6.07, 6.45) is 6.38. The molecule has 1 aliphatic rings. The second kappa shape index (κ2) is 9.14. The SMILES string of the molecule is Cc1cc([C@@]2(N)CCCN(c3cnc(-c4ccc(F)c(F)c4)cc3Cn3cnc4c(N)ncnc43)C2)no1. The Morgan fingerprint density at radius 2 is 1.95 bits per heavy atom. The molecule has 5 heterocycles. The molecule has 1 fully saturated rings. The molecule has 194 valence electrons. The average molecular weight is 518 g/mol. The number of imidazole rings is 1. The number of halogens is 2. The Balaban J connectivity index is 1.42. The van der Waals surface area contributed by atoms with Gasteiger partial charge in [-0.2, -0.15) is 0 Å². The second-order valence-corrected chi connectivity index (χ2v) is 9.63. The van der Waals surface area contributed by atoms with Crippen LogP contribution in [0.15, 0.2) is 53.7 Å². The van der Waals surface area contributed by atoms with Gasteiger partial charge < -0.3 is 25.5 Å². The van der Waals surface area contributed by atoms with Crippen molar-refractivity contribution < 1.29 is 13.3 Å². The Kier molecular flexibility index (Phi) is 5.75. The Morgan fingerprint density at radius 3 is 2.74 bits per heavy atom. The van der Waals surface area contributed by atoms with Crippen molar-refractivity contribution in [3.8, 4) is 11.3 Å². The van der Waals surface area contributed by atoms with Gasteiger partial charge in [-0.05, 0) is 49.6 Å². The Hall–Kier alpha value is -4.45. The van der Waals surface area contributed by atoms with Gasteiger partial charge in [0.05, 0.1) is 36.0 Å². The van der Waals surface area contributed by atoms with Crippen molar-refractivity contribution in [2.75, 3.05) is 23.7 Å². The summed E-state index contributed by atoms with van der Waals surface area (Å²) in [6.45, 7) is 3.47. The topological polar surface area (TPSA) is 138 Å². The fourth-order valence-corrected chi connectivity index (χ4v) is 5.01. The van der Waals surface area contributed by atoms with Crippen LogP contribution in [0.1, 0.15) is 29.9 Å². The molecule has 0 bridgehead atoms. The van der Waals surface area contributed by atoms with Gasteiger partial charge in [0, 0.05) is 24.7 Å². The number of aryl methyl sites for hydroxylation is 1. The zero-order valence-electron chi connectivity index (χ0n) is 20.6. The van der Waals surface area contributed by atoms with Crippen molar-refractivity contribution in [1.29, 1.82) is 0 Å². The molecule has 1 saturated heterocycles. The largest absolute Gasteiger partial charge is 0.382 e. The van der Waals surface area contributed by atoms with Crippen LogP contribution in [0.2, 0.25) is 0 Å². The molecule has 10 nitrogen and oxygen atoms in total. The van der Waals surface area contributed by atoms with E-state index in [0.717, 1.165) is 42.8 Å². The van der Waals surface area contributed by atoms with Gasteiger partial charge in [0.2, 0.25) is 0 Å². The summed E-state index contributed by atoms with van der Waals surface area (Å²) in [5, 5.41) is 4.19. The highest BCUT2D eigenvalue weighted by molar-refractivity contribution is 5.81. The van der Waals surface area contributed by atoms with Gasteiger partial charge in [-0.3, -0.25) is 4.98 Å². The zero-order valence-corrected chi connectivity index (χ0v) is 20.6. The first-order valence-corrected chi connectivity index (χ1v) is 12.1. The number of rotatable bonds is 5. The molecule has 0 amide bonds. The number of aromatic nitrogens is 6. The number of fused-ring (bicyclic) bond motifs is 1. The molecule has 38 heavy (non-hydrogen) atoms. The molecule has 12 heteroatoms. The van der Waals surface area contributed by atoms with Crippen LogP contribution >= 0.6 is 0 Å². The molecule has 0 saturated carbocycles. The van der Waals surface area contributed by atoms with Crippen molar-refractivity contribution in [3.05, 3.63) is 77.8 Å². The third-order valence-corrected chi connectivity index (χ3v) is 6.95. The minimum Gasteiger partial charge on any atom is -0.382 e. The smallest absolute Gasteiger partial charge is 0.165 e. The summed E-state index contributed by atoms with van der Waals surface area (Å²) >= 11 is 0. The van der Waals surface area contributed by atoms with Gasteiger partial charge in [0.15, 0.2) is 23.1 Å². The normalized spacial score (nSPS) is 17.8. The number of hydrogen-bond acceptors (Lipinski definition) is 9. The monoisotopic (exact) mass is 517 g/mol. The highest BCUT2D eigenvalue weighted by atomic mass is 19.2. The molecule has 6 rings (SSSR count). The van der Waals surface area contributed by atoms with E-state index >= 15 is 0 Å². The van der Waals surface area contributed by atoms with Crippen molar-refractivity contribution in [2.45, 2.75) is 31.8 Å². The lowest BCUT2D eigenvalue weighted by molar-refractivity contribution is 0.314. The van der Waals surface area contributed by atoms with E-state index in [4.69, 9.17) is 16.0 Å². The zero-order chi connectivity index (χ0) is 26.4. The minimum absolute atomic E-state index is 0.290. The van der Waals surface area contributed by atoms with E-state index in [2.05, 4.69) is 30.0 Å². The number of benzene rings is 1. The second-order valence-electron chi connectivity index (χ2n) is 9.63. The number of anilines is 2. The first kappa shape index (κ1) is 23.9. The first-order valence-electron chi connectivity index (χ1n) is 12.1. The minimum atomic E-state index is -0.936. The summed E-state index contributed by atoms with van der Waals surface area (Å²) in [5.74, 6) is -0.857. The van der Waals surface area contributed by atoms with Gasteiger partial charge in [-0.25, -0.2) is 23.7 Å². The third-order valence-electron chi connectivity index (χ3n) is 6.95. The van der Waals surface area contributed by atoms with Gasteiger partial charge in [-0.1, -0.05) is 5.16 Å². The van der Waals surface area contributed by atoms with Gasteiger partial charge in [0.25, 0.3) is 0 Å². The van der Waals surface area contributed by atoms with E-state index in [1.807, 2.05) is 23.6 Å². The lowest BCUT2D eigenvalue weighted by Gasteiger charge is -2.40. The van der Waals surface area contributed by atoms with Crippen LogP contribution in [0.4, 0.5) is 20.3 Å². The summed E-state index contributed by atoms with van der Waals surface area (Å²) in [6, 6.07) is 7.47. The molecule has 0 spiro atoms. The van der Waals surface area contributed by atoms with E-state index in [9.17, 15) is 8.78 Å². The highest BCUT2D eigenvalue weighted by Gasteiger charge is 2.37. The molecule has 1 aromatic carbocycles. The van der Waals surface area contributed by atoms with E-state index in [-0.39, 0.29) is 5.82 Å². The van der Waals surface area contributed by atoms with Gasteiger partial charge in [-0.15, -0.1) is 0 Å². The van der Waals surface area contributed by atoms with Crippen LogP contribution in [0.3, 0.4) is 0 Å². The summed E-state index contributed by atoms with van der Waals surface area (Å²) in [7, 11) is 0. The molecular weight excluding hydrogens is 492 g/mol. The summed E-state index contributed by atoms with van der Waals surface area (Å²) < 4.78 is 34.8. The van der Waals surface area contributed by atoms with Crippen LogP contribution in [-0.2, 0) is 12.1 Å². The van der Waals surface area contributed by atoms with E-state index in [0.29, 0.717) is 47.0 Å². The number of piperidine rings is 1. The molecule has 4 aromatic heterocycles. The molecular formula is C26H25F2N9O. The third kappa shape index (κ3) is 4.22. The number of nitrogens with two attached hydrogens (primary N) is 2. The number of hydrogen-bond donors (Lipinski definition) is 2. The van der Waals surface area contributed by atoms with E-state index in [1.165, 1.54) is 12.4 Å². The molecule has 5 aromatic rings. The molecule has 4 N–H and O–H groups in total. The Labute approximate surface area is 216 Å². The molecule has 0 aliphatic carbocycles. The molecule has 1 atom stereocenters. The summed E-state index contributed by atoms with van der Waals surface area (Å²) in [4.78, 5) is 19.5. The fraction of sp³-hybridized carbons (Fsp3) is 0.269. The maximum Gasteiger partial charge on any atom is 0.165 e. The summed E-state index contributed by atoms with van der Waals surface area (Å²) in [5.41, 5.74) is 16.6. The van der Waals surface area contributed by atoms with Crippen molar-refractivity contribution in [2.24, 2.45) is 5.73 Å². The highest BCUT2D eigenvalue weighted by Crippen LogP contribution is 2.35. The number of pyridine rings is 1. The van der Waals surface area contributed by atoms with Gasteiger partial charge in [0.1, 0.15) is 23.3 Å². The lowest BCUT2D eigenvalue weighted by Crippen LogP contribution is -2.52. The lowest BCUT2D eigenvalue weighted by atomic mass is 9.86. The molecule has 0 radical (unpaired) electrons. The Bertz CT molecular complexity index is 1650. The maximum atomic E-state index is 14.0. The predicted molar refractivity (Wildman–Crippen MR) is 137 cm³/mol. The maximum absolute atomic E-state index is 14.0. The van der Waals surface area contributed by atoms with E-state index in [1.54, 1.807) is 12.5 Å². The van der Waals surface area contributed by atoms with E-state index < -0.39 is 17.2 Å². The fourth-order valence-electron chi connectivity index (χ4n) is 5.01. The number of nitrogens with zero attached hydrogens (tertiary/aromatic N) is 7. The van der Waals surface area contributed by atoms with Gasteiger partial charge >= 0.3 is 0 Å². The quantitative estimate of drug-likeness (QED) is 0.358. The molecule has 1 aliphatic heterocycles. The van der Waals surface area contributed by atoms with Crippen LogP contribution < -0.4 is 16.4 Å². The van der Waals surface area contributed by atoms with Crippen LogP contribution in [0.25, 0.3) is 22.4 Å². The van der Waals surface area contributed by atoms with Crippen molar-refractivity contribution in [1.82, 2.24) is 29.7 Å². The first-order chi connectivity index (χ1) is 18.3. The average Bonchev–Trinajstić information content (AvgIpc) is 3.53. The predicted octanol–water partition coefficient (Wildman–Crippen LogP) is 3.55. The Morgan fingerprint density at radius 1 is 1.08 bits per heavy atom. The van der Waals surface area contributed by atoms with Crippen LogP contribution in [0.5, 0.6) is 0 Å². The van der Waals surface area contributed by atoms with Crippen LogP contribution in [0, 0.1) is 18.6 Å². The number of nitrogen functional groups attached to an aromatic ring is 1. The van der Waals surface area contributed by atoms with Crippen molar-refractivity contribution in [3.63, 3.8) is 0 Å². The standard InChI is InChI=1S/C26H25F2N9O/c1-15-7-22(35-38-15)26(30)5-2-6-36(12-26)21-10-31-20(16-3-4-18(27)19(28)8-16)9-17(21)11-37-14-34-23-24(29)32-13-33-25(23)37/h3-4,7-10,13-14H,2,5-6,11-12,30H2,1H3,(H2,29,32,33)/t26-/m1/s1.